The molecule has 0 radical (unpaired) electrons. The van der Waals surface area contributed by atoms with Crippen molar-refractivity contribution >= 4 is 45.6 Å². The van der Waals surface area contributed by atoms with Gasteiger partial charge >= 0.3 is 0 Å². The summed E-state index contributed by atoms with van der Waals surface area (Å²) in [6.45, 7) is 7.24. The first-order chi connectivity index (χ1) is 15.6. The van der Waals surface area contributed by atoms with Crippen molar-refractivity contribution in [3.63, 3.8) is 0 Å². The Kier molecular flexibility index (Phi) is 5.71. The van der Waals surface area contributed by atoms with Gasteiger partial charge in [-0.1, -0.05) is 30.0 Å². The number of ether oxygens (including phenoxy) is 1. The molecule has 5 rings (SSSR count). The molecule has 1 aliphatic heterocycles. The Bertz CT molecular complexity index is 1260. The lowest BCUT2D eigenvalue weighted by molar-refractivity contribution is -0.115. The molecular weight excluding hydrogens is 422 g/mol. The third-order valence-corrected chi connectivity index (χ3v) is 6.78. The Morgan fingerprint density at radius 3 is 2.62 bits per heavy atom. The molecular formula is C24H25N5O2S. The molecule has 1 aliphatic rings. The lowest BCUT2D eigenvalue weighted by Gasteiger charge is -2.28. The summed E-state index contributed by atoms with van der Waals surface area (Å²) in [6.07, 6.45) is 0. The zero-order chi connectivity index (χ0) is 22.1. The van der Waals surface area contributed by atoms with Gasteiger partial charge in [0.25, 0.3) is 0 Å². The molecule has 164 valence electrons. The van der Waals surface area contributed by atoms with Crippen LogP contribution in [0.1, 0.15) is 12.5 Å². The predicted molar refractivity (Wildman–Crippen MR) is 129 cm³/mol. The van der Waals surface area contributed by atoms with Crippen molar-refractivity contribution in [1.82, 2.24) is 14.6 Å². The smallest absolute Gasteiger partial charge is 0.237 e. The van der Waals surface area contributed by atoms with Crippen LogP contribution in [0, 0.1) is 6.92 Å². The molecule has 1 amide bonds. The molecule has 0 saturated carbocycles. The van der Waals surface area contributed by atoms with E-state index in [2.05, 4.69) is 39.5 Å². The first-order valence-electron chi connectivity index (χ1n) is 10.7. The minimum Gasteiger partial charge on any atom is -0.378 e. The van der Waals surface area contributed by atoms with Crippen molar-refractivity contribution in [2.75, 3.05) is 36.5 Å². The second kappa shape index (κ2) is 8.80. The molecule has 2 aromatic carbocycles. The molecule has 4 aromatic rings. The lowest BCUT2D eigenvalue weighted by atomic mass is 10.1. The molecule has 0 bridgehead atoms. The highest BCUT2D eigenvalue weighted by Gasteiger charge is 2.20. The van der Waals surface area contributed by atoms with Gasteiger partial charge in [-0.15, -0.1) is 10.2 Å². The standard InChI is InChI=1S/C24H25N5O2S/c1-16-15-22-26-27-24(29(22)21-6-4-3-5-20(16)21)32-17(2)23(30)25-18-7-9-19(10-8-18)28-11-13-31-14-12-28/h3-10,15,17H,11-14H2,1-2H3,(H,25,30)/t17-/m1/s1. The number of nitrogens with zero attached hydrogens (tertiary/aromatic N) is 4. The van der Waals surface area contributed by atoms with Gasteiger partial charge in [0.2, 0.25) is 5.91 Å². The number of pyridine rings is 1. The average Bonchev–Trinajstić information content (AvgIpc) is 3.22. The highest BCUT2D eigenvalue weighted by molar-refractivity contribution is 8.00. The number of carbonyl (C=O) groups is 1. The van der Waals surface area contributed by atoms with Gasteiger partial charge in [0, 0.05) is 29.9 Å². The van der Waals surface area contributed by atoms with E-state index in [1.807, 2.05) is 53.8 Å². The predicted octanol–water partition coefficient (Wildman–Crippen LogP) is 4.15. The Labute approximate surface area is 190 Å². The molecule has 3 heterocycles. The van der Waals surface area contributed by atoms with Crippen LogP contribution >= 0.6 is 11.8 Å². The molecule has 0 unspecified atom stereocenters. The van der Waals surface area contributed by atoms with E-state index in [0.29, 0.717) is 5.16 Å². The topological polar surface area (TPSA) is 71.8 Å². The number of hydrogen-bond donors (Lipinski definition) is 1. The van der Waals surface area contributed by atoms with E-state index in [1.165, 1.54) is 11.8 Å². The molecule has 2 aromatic heterocycles. The minimum absolute atomic E-state index is 0.0673. The summed E-state index contributed by atoms with van der Waals surface area (Å²) >= 11 is 1.41. The van der Waals surface area contributed by atoms with Gasteiger partial charge < -0.3 is 15.0 Å². The van der Waals surface area contributed by atoms with Gasteiger partial charge in [0.1, 0.15) is 0 Å². The number of para-hydroxylation sites is 1. The Balaban J connectivity index is 1.31. The van der Waals surface area contributed by atoms with Crippen LogP contribution < -0.4 is 10.2 Å². The van der Waals surface area contributed by atoms with Crippen molar-refractivity contribution in [1.29, 1.82) is 0 Å². The average molecular weight is 448 g/mol. The van der Waals surface area contributed by atoms with Crippen LogP contribution in [0.25, 0.3) is 16.6 Å². The number of nitrogens with one attached hydrogen (secondary N) is 1. The summed E-state index contributed by atoms with van der Waals surface area (Å²) in [5.41, 5.74) is 4.91. The fraction of sp³-hybridized carbons (Fsp3) is 0.292. The van der Waals surface area contributed by atoms with Crippen LogP contribution in [0.15, 0.2) is 59.8 Å². The number of morpholine rings is 1. The van der Waals surface area contributed by atoms with Crippen molar-refractivity contribution in [3.8, 4) is 0 Å². The molecule has 1 saturated heterocycles. The van der Waals surface area contributed by atoms with Crippen molar-refractivity contribution in [2.24, 2.45) is 0 Å². The van der Waals surface area contributed by atoms with Gasteiger partial charge in [0.15, 0.2) is 10.8 Å². The number of rotatable bonds is 5. The first kappa shape index (κ1) is 20.8. The second-order valence-corrected chi connectivity index (χ2v) is 9.22. The van der Waals surface area contributed by atoms with Gasteiger partial charge in [0.05, 0.1) is 24.0 Å². The SMILES string of the molecule is Cc1cc2nnc(S[C@H](C)C(=O)Nc3ccc(N4CCOCC4)cc3)n2c2ccccc12. The monoisotopic (exact) mass is 447 g/mol. The maximum absolute atomic E-state index is 12.9. The molecule has 0 aliphatic carbocycles. The number of aryl methyl sites for hydroxylation is 1. The molecule has 8 heteroatoms. The van der Waals surface area contributed by atoms with Crippen LogP contribution in [-0.4, -0.2) is 52.1 Å². The minimum atomic E-state index is -0.332. The van der Waals surface area contributed by atoms with E-state index >= 15 is 0 Å². The number of anilines is 2. The summed E-state index contributed by atoms with van der Waals surface area (Å²) in [5.74, 6) is -0.0673. The van der Waals surface area contributed by atoms with E-state index in [0.717, 1.165) is 59.8 Å². The largest absolute Gasteiger partial charge is 0.378 e. The maximum atomic E-state index is 12.9. The number of carbonyl (C=O) groups excluding carboxylic acids is 1. The van der Waals surface area contributed by atoms with E-state index in [4.69, 9.17) is 4.74 Å². The van der Waals surface area contributed by atoms with E-state index in [9.17, 15) is 4.79 Å². The zero-order valence-corrected chi connectivity index (χ0v) is 18.9. The van der Waals surface area contributed by atoms with Crippen molar-refractivity contribution in [2.45, 2.75) is 24.3 Å². The number of benzene rings is 2. The molecule has 1 fully saturated rings. The van der Waals surface area contributed by atoms with Gasteiger partial charge in [-0.3, -0.25) is 9.20 Å². The molecule has 7 nitrogen and oxygen atoms in total. The van der Waals surface area contributed by atoms with Crippen LogP contribution in [0.3, 0.4) is 0 Å². The summed E-state index contributed by atoms with van der Waals surface area (Å²) in [4.78, 5) is 15.2. The second-order valence-electron chi connectivity index (χ2n) is 7.92. The number of hydrogen-bond acceptors (Lipinski definition) is 6. The lowest BCUT2D eigenvalue weighted by Crippen LogP contribution is -2.36. The normalized spacial score (nSPS) is 15.2. The third kappa shape index (κ3) is 4.03. The zero-order valence-electron chi connectivity index (χ0n) is 18.1. The number of fused-ring (bicyclic) bond motifs is 3. The van der Waals surface area contributed by atoms with Crippen LogP contribution in [0.5, 0.6) is 0 Å². The Hall–Kier alpha value is -3.10. The van der Waals surface area contributed by atoms with Crippen LogP contribution in [-0.2, 0) is 9.53 Å². The number of amides is 1. The molecule has 1 atom stereocenters. The Morgan fingerprint density at radius 2 is 1.84 bits per heavy atom. The molecule has 32 heavy (non-hydrogen) atoms. The third-order valence-electron chi connectivity index (χ3n) is 5.74. The van der Waals surface area contributed by atoms with E-state index in [-0.39, 0.29) is 11.2 Å². The quantitative estimate of drug-likeness (QED) is 0.464. The van der Waals surface area contributed by atoms with E-state index in [1.54, 1.807) is 0 Å². The Morgan fingerprint density at radius 1 is 1.09 bits per heavy atom. The van der Waals surface area contributed by atoms with Gasteiger partial charge in [-0.2, -0.15) is 0 Å². The summed E-state index contributed by atoms with van der Waals surface area (Å²) in [7, 11) is 0. The summed E-state index contributed by atoms with van der Waals surface area (Å²) in [6, 6.07) is 18.2. The number of thioether (sulfide) groups is 1. The number of aromatic nitrogens is 3. The molecule has 0 spiro atoms. The maximum Gasteiger partial charge on any atom is 0.237 e. The van der Waals surface area contributed by atoms with E-state index < -0.39 is 0 Å². The van der Waals surface area contributed by atoms with Crippen molar-refractivity contribution < 1.29 is 9.53 Å². The van der Waals surface area contributed by atoms with Crippen LogP contribution in [0.4, 0.5) is 11.4 Å². The fourth-order valence-electron chi connectivity index (χ4n) is 3.98. The molecule has 1 N–H and O–H groups in total. The first-order valence-corrected chi connectivity index (χ1v) is 11.6. The van der Waals surface area contributed by atoms with Gasteiger partial charge in [-0.25, -0.2) is 0 Å². The fourth-order valence-corrected chi connectivity index (χ4v) is 4.85. The van der Waals surface area contributed by atoms with Crippen LogP contribution in [0.2, 0.25) is 0 Å². The highest BCUT2D eigenvalue weighted by Crippen LogP contribution is 2.28. The highest BCUT2D eigenvalue weighted by atomic mass is 32.2. The van der Waals surface area contributed by atoms with Crippen molar-refractivity contribution in [3.05, 3.63) is 60.2 Å². The summed E-state index contributed by atoms with van der Waals surface area (Å²) in [5, 5.41) is 13.2. The van der Waals surface area contributed by atoms with Gasteiger partial charge in [-0.05, 0) is 55.8 Å². The summed E-state index contributed by atoms with van der Waals surface area (Å²) < 4.78 is 7.43.